The van der Waals surface area contributed by atoms with Crippen LogP contribution in [-0.2, 0) is 6.54 Å². The lowest BCUT2D eigenvalue weighted by Crippen LogP contribution is -2.06. The summed E-state index contributed by atoms with van der Waals surface area (Å²) in [6.07, 6.45) is 3.68. The number of carbonyl (C=O) groups excluding carboxylic acids is 1. The fraction of sp³-hybridized carbons (Fsp3) is 0.0769. The minimum Gasteiger partial charge on any atom is -0.300 e. The van der Waals surface area contributed by atoms with Crippen LogP contribution < -0.4 is 0 Å². The highest BCUT2D eigenvalue weighted by Gasteiger charge is 2.23. The van der Waals surface area contributed by atoms with Crippen LogP contribution in [0.25, 0.3) is 17.1 Å². The van der Waals surface area contributed by atoms with Crippen LogP contribution in [0.4, 0.5) is 4.39 Å². The van der Waals surface area contributed by atoms with Crippen molar-refractivity contribution in [2.24, 2.45) is 0 Å². The number of rotatable bonds is 1. The molecule has 0 aliphatic carbocycles. The highest BCUT2D eigenvalue weighted by Crippen LogP contribution is 2.31. The van der Waals surface area contributed by atoms with E-state index < -0.39 is 0 Å². The van der Waals surface area contributed by atoms with Crippen LogP contribution >= 0.6 is 0 Å². The van der Waals surface area contributed by atoms with Gasteiger partial charge in [0.25, 0.3) is 0 Å². The maximum absolute atomic E-state index is 13.5. The first-order valence-electron chi connectivity index (χ1n) is 5.97. The topological polar surface area (TPSA) is 65.6 Å². The molecule has 2 aromatic heterocycles. The number of halogens is 1. The Kier molecular flexibility index (Phi) is 2.11. The summed E-state index contributed by atoms with van der Waals surface area (Å²) in [5.41, 5.74) is 2.41. The summed E-state index contributed by atoms with van der Waals surface area (Å²) in [5, 5.41) is 4.13. The summed E-state index contributed by atoms with van der Waals surface area (Å²) in [7, 11) is 0. The summed E-state index contributed by atoms with van der Waals surface area (Å²) in [5.74, 6) is 0.220. The quantitative estimate of drug-likeness (QED) is 0.490. The van der Waals surface area contributed by atoms with Crippen molar-refractivity contribution in [2.45, 2.75) is 6.54 Å². The predicted molar refractivity (Wildman–Crippen MR) is 67.0 cm³/mol. The summed E-state index contributed by atoms with van der Waals surface area (Å²) >= 11 is 0. The number of hydrogen-bond acceptors (Lipinski definition) is 4. The number of benzene rings is 1. The van der Waals surface area contributed by atoms with Gasteiger partial charge >= 0.3 is 0 Å². The van der Waals surface area contributed by atoms with Gasteiger partial charge in [0.05, 0.1) is 17.9 Å². The van der Waals surface area contributed by atoms with Gasteiger partial charge in [-0.2, -0.15) is 5.10 Å². The normalized spacial score (nSPS) is 12.2. The molecule has 3 heterocycles. The molecular formula is C13H8FN5O. The second-order valence-electron chi connectivity index (χ2n) is 4.47. The van der Waals surface area contributed by atoms with E-state index >= 15 is 0 Å². The molecule has 4 rings (SSSR count). The number of carbonyl (C=O) groups is 1. The fourth-order valence-electron chi connectivity index (χ4n) is 2.48. The molecule has 0 fully saturated rings. The third-order valence-corrected chi connectivity index (χ3v) is 3.38. The summed E-state index contributed by atoms with van der Waals surface area (Å²) in [6, 6.07) is 4.43. The number of fused-ring (bicyclic) bond motifs is 5. The standard InChI is InChI=1S/C13H8FN5O/c14-8-1-2-11-9(3-8)13-15-6-17-19(13)4-12-10(5-20)16-7-18(11)12/h1-3,5-7H,4H2. The lowest BCUT2D eigenvalue weighted by atomic mass is 10.1. The van der Waals surface area contributed by atoms with E-state index in [1.54, 1.807) is 21.6 Å². The third kappa shape index (κ3) is 1.37. The molecule has 7 heteroatoms. The third-order valence-electron chi connectivity index (χ3n) is 3.38. The van der Waals surface area contributed by atoms with Crippen molar-refractivity contribution in [3.63, 3.8) is 0 Å². The minimum absolute atomic E-state index is 0.350. The molecule has 1 aromatic carbocycles. The summed E-state index contributed by atoms with van der Waals surface area (Å²) in [4.78, 5) is 19.3. The lowest BCUT2D eigenvalue weighted by molar-refractivity contribution is 0.111. The Hall–Kier alpha value is -2.83. The van der Waals surface area contributed by atoms with E-state index in [1.807, 2.05) is 0 Å². The monoisotopic (exact) mass is 269 g/mol. The van der Waals surface area contributed by atoms with E-state index in [2.05, 4.69) is 15.1 Å². The molecule has 0 saturated heterocycles. The predicted octanol–water partition coefficient (Wildman–Crippen LogP) is 1.44. The van der Waals surface area contributed by atoms with Gasteiger partial charge in [-0.1, -0.05) is 0 Å². The van der Waals surface area contributed by atoms with Crippen LogP contribution in [0, 0.1) is 5.82 Å². The summed E-state index contributed by atoms with van der Waals surface area (Å²) in [6.45, 7) is 0.361. The Balaban J connectivity index is 2.11. The van der Waals surface area contributed by atoms with Crippen molar-refractivity contribution < 1.29 is 9.18 Å². The first-order valence-corrected chi connectivity index (χ1v) is 5.97. The average Bonchev–Trinajstić information content (AvgIpc) is 3.04. The van der Waals surface area contributed by atoms with Gasteiger partial charge < -0.3 is 0 Å². The largest absolute Gasteiger partial charge is 0.300 e. The molecule has 6 nitrogen and oxygen atoms in total. The van der Waals surface area contributed by atoms with E-state index in [-0.39, 0.29) is 5.82 Å². The number of aromatic nitrogens is 5. The zero-order valence-electron chi connectivity index (χ0n) is 10.2. The second-order valence-corrected chi connectivity index (χ2v) is 4.47. The Labute approximate surface area is 112 Å². The van der Waals surface area contributed by atoms with E-state index in [9.17, 15) is 9.18 Å². The molecule has 20 heavy (non-hydrogen) atoms. The Morgan fingerprint density at radius 3 is 3.05 bits per heavy atom. The van der Waals surface area contributed by atoms with E-state index in [1.165, 1.54) is 18.5 Å². The Morgan fingerprint density at radius 1 is 1.30 bits per heavy atom. The molecule has 0 saturated carbocycles. The van der Waals surface area contributed by atoms with Crippen molar-refractivity contribution in [2.75, 3.05) is 0 Å². The molecule has 98 valence electrons. The van der Waals surface area contributed by atoms with Gasteiger partial charge in [-0.25, -0.2) is 19.0 Å². The summed E-state index contributed by atoms with van der Waals surface area (Å²) < 4.78 is 16.9. The number of nitrogens with zero attached hydrogens (tertiary/aromatic N) is 5. The Bertz CT molecular complexity index is 835. The van der Waals surface area contributed by atoms with Gasteiger partial charge in [-0.05, 0) is 18.2 Å². The van der Waals surface area contributed by atoms with Crippen molar-refractivity contribution in [1.82, 2.24) is 24.3 Å². The number of imidazole rings is 1. The van der Waals surface area contributed by atoms with Crippen LogP contribution in [0.3, 0.4) is 0 Å². The highest BCUT2D eigenvalue weighted by molar-refractivity contribution is 5.76. The number of hydrogen-bond donors (Lipinski definition) is 0. The van der Waals surface area contributed by atoms with Crippen molar-refractivity contribution >= 4 is 6.29 Å². The van der Waals surface area contributed by atoms with Gasteiger partial charge in [-0.3, -0.25) is 9.36 Å². The Morgan fingerprint density at radius 2 is 2.20 bits per heavy atom. The van der Waals surface area contributed by atoms with E-state index in [0.29, 0.717) is 35.6 Å². The SMILES string of the molecule is O=Cc1ncn2c1Cn1ncnc1-c1cc(F)ccc1-2. The van der Waals surface area contributed by atoms with Crippen LogP contribution in [-0.4, -0.2) is 30.6 Å². The van der Waals surface area contributed by atoms with Gasteiger partial charge in [0.1, 0.15) is 24.2 Å². The molecule has 1 aliphatic rings. The van der Waals surface area contributed by atoms with Crippen LogP contribution in [0.1, 0.15) is 16.2 Å². The molecule has 0 atom stereocenters. The van der Waals surface area contributed by atoms with E-state index in [4.69, 9.17) is 0 Å². The van der Waals surface area contributed by atoms with Gasteiger partial charge in [0.2, 0.25) is 0 Å². The zero-order chi connectivity index (χ0) is 13.7. The smallest absolute Gasteiger partial charge is 0.170 e. The number of aldehydes is 1. The van der Waals surface area contributed by atoms with Gasteiger partial charge in [0.15, 0.2) is 12.1 Å². The molecule has 0 unspecified atom stereocenters. The molecule has 0 spiro atoms. The molecule has 0 N–H and O–H groups in total. The highest BCUT2D eigenvalue weighted by atomic mass is 19.1. The second kappa shape index (κ2) is 3.83. The molecule has 0 radical (unpaired) electrons. The van der Waals surface area contributed by atoms with Crippen LogP contribution in [0.5, 0.6) is 0 Å². The zero-order valence-corrected chi connectivity index (χ0v) is 10.2. The molecule has 0 amide bonds. The maximum Gasteiger partial charge on any atom is 0.170 e. The lowest BCUT2D eigenvalue weighted by Gasteiger charge is -2.07. The van der Waals surface area contributed by atoms with Crippen LogP contribution in [0.15, 0.2) is 30.9 Å². The molecule has 0 bridgehead atoms. The van der Waals surface area contributed by atoms with Crippen LogP contribution in [0.2, 0.25) is 0 Å². The van der Waals surface area contributed by atoms with E-state index in [0.717, 1.165) is 5.69 Å². The van der Waals surface area contributed by atoms with Gasteiger partial charge in [-0.15, -0.1) is 0 Å². The van der Waals surface area contributed by atoms with Crippen molar-refractivity contribution in [3.05, 3.63) is 48.1 Å². The molecule has 3 aromatic rings. The van der Waals surface area contributed by atoms with Crippen molar-refractivity contribution in [3.8, 4) is 17.1 Å². The van der Waals surface area contributed by atoms with Crippen molar-refractivity contribution in [1.29, 1.82) is 0 Å². The van der Waals surface area contributed by atoms with Gasteiger partial charge in [0, 0.05) is 5.56 Å². The molecule has 1 aliphatic heterocycles. The first kappa shape index (κ1) is 11.0. The first-order chi connectivity index (χ1) is 9.78. The maximum atomic E-state index is 13.5. The molecular weight excluding hydrogens is 261 g/mol. The average molecular weight is 269 g/mol. The minimum atomic E-state index is -0.350. The fourth-order valence-corrected chi connectivity index (χ4v) is 2.48.